The molecule has 16 heavy (non-hydrogen) atoms. The van der Waals surface area contributed by atoms with Crippen LogP contribution in [0.15, 0.2) is 42.0 Å². The first-order valence-corrected chi connectivity index (χ1v) is 5.67. The van der Waals surface area contributed by atoms with Crippen molar-refractivity contribution >= 4 is 5.91 Å². The van der Waals surface area contributed by atoms with Crippen molar-refractivity contribution in [1.82, 2.24) is 4.90 Å². The summed E-state index contributed by atoms with van der Waals surface area (Å²) in [5, 5.41) is 0. The summed E-state index contributed by atoms with van der Waals surface area (Å²) in [6.45, 7) is 0. The first-order valence-electron chi connectivity index (χ1n) is 5.67. The molecule has 0 saturated heterocycles. The SMILES string of the molecule is CN(C)C(=O)C1=CCCC1c1ccccc1. The van der Waals surface area contributed by atoms with Crippen LogP contribution >= 0.6 is 0 Å². The number of amides is 1. The third kappa shape index (κ3) is 2.01. The molecule has 1 unspecified atom stereocenters. The minimum Gasteiger partial charge on any atom is -0.345 e. The maximum atomic E-state index is 12.0. The van der Waals surface area contributed by atoms with Gasteiger partial charge in [-0.15, -0.1) is 0 Å². The van der Waals surface area contributed by atoms with E-state index in [0.717, 1.165) is 18.4 Å². The van der Waals surface area contributed by atoms with Gasteiger partial charge in [-0.3, -0.25) is 4.79 Å². The summed E-state index contributed by atoms with van der Waals surface area (Å²) < 4.78 is 0. The van der Waals surface area contributed by atoms with Crippen molar-refractivity contribution in [3.05, 3.63) is 47.5 Å². The minimum absolute atomic E-state index is 0.145. The molecule has 0 spiro atoms. The van der Waals surface area contributed by atoms with Gasteiger partial charge in [0, 0.05) is 25.6 Å². The Labute approximate surface area is 96.6 Å². The summed E-state index contributed by atoms with van der Waals surface area (Å²) in [4.78, 5) is 13.6. The number of benzene rings is 1. The van der Waals surface area contributed by atoms with Gasteiger partial charge in [0.15, 0.2) is 0 Å². The molecule has 1 aliphatic rings. The predicted octanol–water partition coefficient (Wildman–Crippen LogP) is 2.58. The van der Waals surface area contributed by atoms with E-state index in [9.17, 15) is 4.79 Å². The zero-order valence-corrected chi connectivity index (χ0v) is 9.81. The van der Waals surface area contributed by atoms with E-state index < -0.39 is 0 Å². The Morgan fingerprint density at radius 2 is 1.94 bits per heavy atom. The molecule has 84 valence electrons. The van der Waals surface area contributed by atoms with Crippen LogP contribution in [0.4, 0.5) is 0 Å². The van der Waals surface area contributed by atoms with Crippen molar-refractivity contribution in [2.75, 3.05) is 14.1 Å². The second-order valence-electron chi connectivity index (χ2n) is 4.40. The fourth-order valence-electron chi connectivity index (χ4n) is 2.23. The molecule has 0 saturated carbocycles. The molecule has 1 aliphatic carbocycles. The van der Waals surface area contributed by atoms with E-state index in [0.29, 0.717) is 0 Å². The number of hydrogen-bond acceptors (Lipinski definition) is 1. The lowest BCUT2D eigenvalue weighted by molar-refractivity contribution is -0.124. The smallest absolute Gasteiger partial charge is 0.249 e. The molecule has 1 amide bonds. The zero-order chi connectivity index (χ0) is 11.5. The van der Waals surface area contributed by atoms with Crippen molar-refractivity contribution in [3.63, 3.8) is 0 Å². The van der Waals surface area contributed by atoms with Crippen LogP contribution < -0.4 is 0 Å². The van der Waals surface area contributed by atoms with Gasteiger partial charge in [0.05, 0.1) is 0 Å². The van der Waals surface area contributed by atoms with Crippen LogP contribution in [0.5, 0.6) is 0 Å². The third-order valence-electron chi connectivity index (χ3n) is 3.05. The van der Waals surface area contributed by atoms with Crippen LogP contribution in [0.1, 0.15) is 24.3 Å². The van der Waals surface area contributed by atoms with Crippen LogP contribution in [0, 0.1) is 0 Å². The maximum absolute atomic E-state index is 12.0. The molecular weight excluding hydrogens is 198 g/mol. The van der Waals surface area contributed by atoms with E-state index in [1.54, 1.807) is 4.90 Å². The molecule has 1 aromatic rings. The van der Waals surface area contributed by atoms with E-state index in [-0.39, 0.29) is 11.8 Å². The molecule has 0 radical (unpaired) electrons. The van der Waals surface area contributed by atoms with E-state index in [1.165, 1.54) is 5.56 Å². The van der Waals surface area contributed by atoms with Crippen LogP contribution in [-0.2, 0) is 4.79 Å². The molecule has 0 bridgehead atoms. The summed E-state index contributed by atoms with van der Waals surface area (Å²) in [6.07, 6.45) is 4.15. The average molecular weight is 215 g/mol. The van der Waals surface area contributed by atoms with E-state index in [1.807, 2.05) is 32.3 Å². The molecule has 2 heteroatoms. The maximum Gasteiger partial charge on any atom is 0.249 e. The molecule has 1 aromatic carbocycles. The van der Waals surface area contributed by atoms with Crippen molar-refractivity contribution in [3.8, 4) is 0 Å². The summed E-state index contributed by atoms with van der Waals surface area (Å²) in [5.41, 5.74) is 2.21. The Morgan fingerprint density at radius 1 is 1.25 bits per heavy atom. The normalized spacial score (nSPS) is 19.4. The lowest BCUT2D eigenvalue weighted by Crippen LogP contribution is -2.25. The standard InChI is InChI=1S/C14H17NO/c1-15(2)14(16)13-10-6-9-12(13)11-7-4-3-5-8-11/h3-5,7-8,10,12H,6,9H2,1-2H3. The highest BCUT2D eigenvalue weighted by Crippen LogP contribution is 2.35. The Hall–Kier alpha value is -1.57. The predicted molar refractivity (Wildman–Crippen MR) is 65.2 cm³/mol. The largest absolute Gasteiger partial charge is 0.345 e. The molecule has 0 aromatic heterocycles. The second-order valence-corrected chi connectivity index (χ2v) is 4.40. The highest BCUT2D eigenvalue weighted by molar-refractivity contribution is 5.95. The Balaban J connectivity index is 2.25. The quantitative estimate of drug-likeness (QED) is 0.742. The molecule has 0 fully saturated rings. The number of hydrogen-bond donors (Lipinski definition) is 0. The topological polar surface area (TPSA) is 20.3 Å². The molecule has 2 rings (SSSR count). The Bertz CT molecular complexity index is 406. The first-order chi connectivity index (χ1) is 7.70. The van der Waals surface area contributed by atoms with Gasteiger partial charge in [-0.25, -0.2) is 0 Å². The van der Waals surface area contributed by atoms with Crippen LogP contribution in [0.2, 0.25) is 0 Å². The number of rotatable bonds is 2. The van der Waals surface area contributed by atoms with Gasteiger partial charge in [0.1, 0.15) is 0 Å². The van der Waals surface area contributed by atoms with Gasteiger partial charge in [-0.05, 0) is 18.4 Å². The van der Waals surface area contributed by atoms with E-state index in [2.05, 4.69) is 18.2 Å². The number of nitrogens with zero attached hydrogens (tertiary/aromatic N) is 1. The van der Waals surface area contributed by atoms with Gasteiger partial charge in [-0.2, -0.15) is 0 Å². The van der Waals surface area contributed by atoms with Gasteiger partial charge < -0.3 is 4.90 Å². The van der Waals surface area contributed by atoms with Gasteiger partial charge in [0.25, 0.3) is 0 Å². The molecular formula is C14H17NO. The van der Waals surface area contributed by atoms with E-state index in [4.69, 9.17) is 0 Å². The molecule has 1 atom stereocenters. The van der Waals surface area contributed by atoms with Gasteiger partial charge in [-0.1, -0.05) is 36.4 Å². The number of carbonyl (C=O) groups excluding carboxylic acids is 1. The third-order valence-corrected chi connectivity index (χ3v) is 3.05. The van der Waals surface area contributed by atoms with Gasteiger partial charge in [0.2, 0.25) is 5.91 Å². The monoisotopic (exact) mass is 215 g/mol. The highest BCUT2D eigenvalue weighted by atomic mass is 16.2. The molecule has 0 N–H and O–H groups in total. The van der Waals surface area contributed by atoms with Crippen molar-refractivity contribution in [2.24, 2.45) is 0 Å². The zero-order valence-electron chi connectivity index (χ0n) is 9.81. The summed E-state index contributed by atoms with van der Waals surface area (Å²) in [6, 6.07) is 10.3. The molecule has 0 heterocycles. The van der Waals surface area contributed by atoms with Crippen molar-refractivity contribution in [1.29, 1.82) is 0 Å². The fourth-order valence-corrected chi connectivity index (χ4v) is 2.23. The van der Waals surface area contributed by atoms with Crippen molar-refractivity contribution < 1.29 is 4.79 Å². The summed E-state index contributed by atoms with van der Waals surface area (Å²) in [5.74, 6) is 0.433. The number of allylic oxidation sites excluding steroid dienone is 1. The first kappa shape index (κ1) is 10.9. The Kier molecular flexibility index (Phi) is 3.09. The fraction of sp³-hybridized carbons (Fsp3) is 0.357. The molecule has 0 aliphatic heterocycles. The van der Waals surface area contributed by atoms with Gasteiger partial charge >= 0.3 is 0 Å². The lowest BCUT2D eigenvalue weighted by atomic mass is 9.92. The highest BCUT2D eigenvalue weighted by Gasteiger charge is 2.26. The Morgan fingerprint density at radius 3 is 2.56 bits per heavy atom. The lowest BCUT2D eigenvalue weighted by Gasteiger charge is -2.18. The number of carbonyl (C=O) groups is 1. The van der Waals surface area contributed by atoms with E-state index >= 15 is 0 Å². The number of likely N-dealkylation sites (N-methyl/N-ethyl adjacent to an activating group) is 1. The summed E-state index contributed by atoms with van der Waals surface area (Å²) >= 11 is 0. The minimum atomic E-state index is 0.145. The average Bonchev–Trinajstić information content (AvgIpc) is 2.77. The van der Waals surface area contributed by atoms with Crippen LogP contribution in [0.25, 0.3) is 0 Å². The van der Waals surface area contributed by atoms with Crippen LogP contribution in [0.3, 0.4) is 0 Å². The molecule has 2 nitrogen and oxygen atoms in total. The summed E-state index contributed by atoms with van der Waals surface area (Å²) in [7, 11) is 3.62. The van der Waals surface area contributed by atoms with Crippen LogP contribution in [-0.4, -0.2) is 24.9 Å². The second kappa shape index (κ2) is 4.52. The van der Waals surface area contributed by atoms with Crippen molar-refractivity contribution in [2.45, 2.75) is 18.8 Å².